The lowest BCUT2D eigenvalue weighted by Crippen LogP contribution is -2.36. The Morgan fingerprint density at radius 1 is 1.53 bits per heavy atom. The molecule has 1 N–H and O–H groups in total. The second kappa shape index (κ2) is 7.79. The molecule has 1 aliphatic heterocycles. The molecule has 19 heavy (non-hydrogen) atoms. The van der Waals surface area contributed by atoms with Crippen molar-refractivity contribution in [3.63, 3.8) is 0 Å². The van der Waals surface area contributed by atoms with Crippen LogP contribution in [0.15, 0.2) is 5.38 Å². The van der Waals surface area contributed by atoms with Crippen LogP contribution in [0.4, 0.5) is 5.13 Å². The van der Waals surface area contributed by atoms with Gasteiger partial charge in [-0.2, -0.15) is 0 Å². The van der Waals surface area contributed by atoms with Crippen molar-refractivity contribution in [1.82, 2.24) is 10.3 Å². The molecule has 0 saturated carbocycles. The molecule has 2 heterocycles. The number of thiazole rings is 1. The van der Waals surface area contributed by atoms with Gasteiger partial charge in [0, 0.05) is 51.9 Å². The van der Waals surface area contributed by atoms with Gasteiger partial charge in [0.05, 0.1) is 12.3 Å². The number of anilines is 1. The van der Waals surface area contributed by atoms with Gasteiger partial charge in [-0.3, -0.25) is 0 Å². The topological polar surface area (TPSA) is 46.6 Å². The molecule has 0 amide bonds. The number of ether oxygens (including phenoxy) is 2. The first-order valence-corrected chi connectivity index (χ1v) is 7.64. The van der Waals surface area contributed by atoms with E-state index in [9.17, 15) is 0 Å². The highest BCUT2D eigenvalue weighted by Gasteiger charge is 2.20. The van der Waals surface area contributed by atoms with Crippen LogP contribution >= 0.6 is 11.3 Å². The first-order valence-electron chi connectivity index (χ1n) is 6.76. The van der Waals surface area contributed by atoms with E-state index in [4.69, 9.17) is 9.47 Å². The molecule has 0 spiro atoms. The Hall–Kier alpha value is -0.690. The number of methoxy groups -OCH3 is 1. The van der Waals surface area contributed by atoms with Gasteiger partial charge in [0.15, 0.2) is 5.13 Å². The Labute approximate surface area is 118 Å². The quantitative estimate of drug-likeness (QED) is 0.769. The number of hydrogen-bond donors (Lipinski definition) is 1. The molecule has 1 saturated heterocycles. The standard InChI is InChI=1S/C13H23N3O2S/c1-16(12-3-6-18-7-4-12)13-15-11(10-19-13)9-14-5-8-17-2/h10,12,14H,3-9H2,1-2H3. The molecule has 1 aromatic rings. The van der Waals surface area contributed by atoms with Crippen LogP contribution in [0, 0.1) is 0 Å². The molecule has 1 aromatic heterocycles. The average Bonchev–Trinajstić information content (AvgIpc) is 2.92. The van der Waals surface area contributed by atoms with E-state index < -0.39 is 0 Å². The lowest BCUT2D eigenvalue weighted by Gasteiger charge is -2.30. The highest BCUT2D eigenvalue weighted by molar-refractivity contribution is 7.13. The molecule has 2 rings (SSSR count). The normalized spacial score (nSPS) is 16.7. The van der Waals surface area contributed by atoms with Crippen LogP contribution in [0.2, 0.25) is 0 Å². The third-order valence-electron chi connectivity index (χ3n) is 3.37. The van der Waals surface area contributed by atoms with E-state index in [1.165, 1.54) is 0 Å². The number of rotatable bonds is 7. The van der Waals surface area contributed by atoms with Gasteiger partial charge in [0.25, 0.3) is 0 Å². The molecule has 0 aromatic carbocycles. The Kier molecular flexibility index (Phi) is 6.03. The van der Waals surface area contributed by atoms with E-state index in [-0.39, 0.29) is 0 Å². The molecule has 1 fully saturated rings. The summed E-state index contributed by atoms with van der Waals surface area (Å²) >= 11 is 1.72. The molecule has 0 unspecified atom stereocenters. The summed E-state index contributed by atoms with van der Waals surface area (Å²) in [4.78, 5) is 6.98. The fourth-order valence-electron chi connectivity index (χ4n) is 2.16. The summed E-state index contributed by atoms with van der Waals surface area (Å²) in [5, 5.41) is 6.55. The molecule has 0 atom stereocenters. The van der Waals surface area contributed by atoms with E-state index in [1.807, 2.05) is 0 Å². The number of aromatic nitrogens is 1. The molecule has 0 radical (unpaired) electrons. The van der Waals surface area contributed by atoms with Crippen molar-refractivity contribution in [2.75, 3.05) is 45.4 Å². The first-order chi connectivity index (χ1) is 9.31. The zero-order chi connectivity index (χ0) is 13.5. The Bertz CT molecular complexity index is 367. The van der Waals surface area contributed by atoms with E-state index in [0.29, 0.717) is 6.04 Å². The fraction of sp³-hybridized carbons (Fsp3) is 0.769. The van der Waals surface area contributed by atoms with Crippen LogP contribution in [-0.4, -0.2) is 51.5 Å². The average molecular weight is 285 g/mol. The second-order valence-corrected chi connectivity index (χ2v) is 5.58. The maximum atomic E-state index is 5.40. The predicted octanol–water partition coefficient (Wildman–Crippen LogP) is 1.49. The highest BCUT2D eigenvalue weighted by Crippen LogP contribution is 2.24. The van der Waals surface area contributed by atoms with E-state index in [1.54, 1.807) is 18.4 Å². The molecule has 6 heteroatoms. The minimum absolute atomic E-state index is 0.564. The van der Waals surface area contributed by atoms with Crippen molar-refractivity contribution >= 4 is 16.5 Å². The van der Waals surface area contributed by atoms with Crippen LogP contribution in [0.1, 0.15) is 18.5 Å². The largest absolute Gasteiger partial charge is 0.383 e. The predicted molar refractivity (Wildman–Crippen MR) is 77.9 cm³/mol. The van der Waals surface area contributed by atoms with Gasteiger partial charge in [0.2, 0.25) is 0 Å². The molecule has 0 bridgehead atoms. The van der Waals surface area contributed by atoms with Crippen LogP contribution in [0.5, 0.6) is 0 Å². The van der Waals surface area contributed by atoms with Crippen LogP contribution in [0.25, 0.3) is 0 Å². The molecule has 5 nitrogen and oxygen atoms in total. The van der Waals surface area contributed by atoms with Crippen molar-refractivity contribution in [2.45, 2.75) is 25.4 Å². The molecule has 108 valence electrons. The van der Waals surface area contributed by atoms with Gasteiger partial charge in [0.1, 0.15) is 0 Å². The molecular formula is C13H23N3O2S. The highest BCUT2D eigenvalue weighted by atomic mass is 32.1. The monoisotopic (exact) mass is 285 g/mol. The van der Waals surface area contributed by atoms with Crippen molar-refractivity contribution in [3.8, 4) is 0 Å². The maximum Gasteiger partial charge on any atom is 0.185 e. The van der Waals surface area contributed by atoms with Gasteiger partial charge < -0.3 is 19.7 Å². The van der Waals surface area contributed by atoms with Crippen LogP contribution < -0.4 is 10.2 Å². The summed E-state index contributed by atoms with van der Waals surface area (Å²) in [6.07, 6.45) is 2.19. The molecule has 1 aliphatic rings. The van der Waals surface area contributed by atoms with Crippen molar-refractivity contribution in [1.29, 1.82) is 0 Å². The SMILES string of the molecule is COCCNCc1csc(N(C)C2CCOCC2)n1. The second-order valence-electron chi connectivity index (χ2n) is 4.75. The summed E-state index contributed by atoms with van der Waals surface area (Å²) in [5.41, 5.74) is 1.11. The summed E-state index contributed by atoms with van der Waals surface area (Å²) in [7, 11) is 3.85. The lowest BCUT2D eigenvalue weighted by atomic mass is 10.1. The first kappa shape index (κ1) is 14.7. The summed E-state index contributed by atoms with van der Waals surface area (Å²) in [6.45, 7) is 4.14. The van der Waals surface area contributed by atoms with Crippen molar-refractivity contribution in [2.24, 2.45) is 0 Å². The smallest absolute Gasteiger partial charge is 0.185 e. The minimum Gasteiger partial charge on any atom is -0.383 e. The van der Waals surface area contributed by atoms with E-state index >= 15 is 0 Å². The van der Waals surface area contributed by atoms with Gasteiger partial charge in [-0.15, -0.1) is 11.3 Å². The number of nitrogens with one attached hydrogen (secondary N) is 1. The zero-order valence-electron chi connectivity index (χ0n) is 11.7. The Morgan fingerprint density at radius 3 is 3.05 bits per heavy atom. The van der Waals surface area contributed by atoms with Crippen molar-refractivity contribution < 1.29 is 9.47 Å². The third-order valence-corrected chi connectivity index (χ3v) is 4.35. The number of nitrogens with zero attached hydrogens (tertiary/aromatic N) is 2. The van der Waals surface area contributed by atoms with Gasteiger partial charge >= 0.3 is 0 Å². The minimum atomic E-state index is 0.564. The van der Waals surface area contributed by atoms with Gasteiger partial charge in [-0.05, 0) is 12.8 Å². The molecule has 0 aliphatic carbocycles. The summed E-state index contributed by atoms with van der Waals surface area (Å²) in [5.74, 6) is 0. The van der Waals surface area contributed by atoms with Crippen LogP contribution in [0.3, 0.4) is 0 Å². The van der Waals surface area contributed by atoms with Gasteiger partial charge in [-0.25, -0.2) is 4.98 Å². The Balaban J connectivity index is 1.81. The number of hydrogen-bond acceptors (Lipinski definition) is 6. The Morgan fingerprint density at radius 2 is 2.32 bits per heavy atom. The summed E-state index contributed by atoms with van der Waals surface area (Å²) < 4.78 is 10.4. The summed E-state index contributed by atoms with van der Waals surface area (Å²) in [6, 6.07) is 0.564. The van der Waals surface area contributed by atoms with Crippen molar-refractivity contribution in [3.05, 3.63) is 11.1 Å². The zero-order valence-corrected chi connectivity index (χ0v) is 12.5. The van der Waals surface area contributed by atoms with Gasteiger partial charge in [-0.1, -0.05) is 0 Å². The lowest BCUT2D eigenvalue weighted by molar-refractivity contribution is 0.0855. The third kappa shape index (κ3) is 4.42. The maximum absolute atomic E-state index is 5.40. The van der Waals surface area contributed by atoms with E-state index in [2.05, 4.69) is 27.6 Å². The molecular weight excluding hydrogens is 262 g/mol. The van der Waals surface area contributed by atoms with Crippen LogP contribution in [-0.2, 0) is 16.0 Å². The fourth-order valence-corrected chi connectivity index (χ4v) is 3.02. The van der Waals surface area contributed by atoms with E-state index in [0.717, 1.165) is 56.6 Å².